The molecule has 1 unspecified atom stereocenters. The quantitative estimate of drug-likeness (QED) is 0.718. The van der Waals surface area contributed by atoms with Crippen molar-refractivity contribution in [2.45, 2.75) is 25.1 Å². The van der Waals surface area contributed by atoms with Crippen LogP contribution in [0.1, 0.15) is 24.6 Å². The first-order valence-electron chi connectivity index (χ1n) is 7.75. The number of carboxylic acid groups (broad SMARTS) is 1. The Kier molecular flexibility index (Phi) is 4.77. The van der Waals surface area contributed by atoms with Crippen molar-refractivity contribution in [3.05, 3.63) is 61.1 Å². The van der Waals surface area contributed by atoms with Gasteiger partial charge < -0.3 is 14.9 Å². The summed E-state index contributed by atoms with van der Waals surface area (Å²) in [7, 11) is 0. The third-order valence-corrected chi connectivity index (χ3v) is 4.45. The molecule has 0 saturated carbocycles. The number of hydrogen-bond donors (Lipinski definition) is 2. The van der Waals surface area contributed by atoms with Crippen molar-refractivity contribution in [2.75, 3.05) is 0 Å². The van der Waals surface area contributed by atoms with Crippen molar-refractivity contribution in [2.24, 2.45) is 5.16 Å². The zero-order valence-electron chi connectivity index (χ0n) is 14.3. The molecule has 2 heterocycles. The van der Waals surface area contributed by atoms with E-state index in [1.165, 1.54) is 11.9 Å². The van der Waals surface area contributed by atoms with Crippen molar-refractivity contribution in [1.82, 2.24) is 9.55 Å². The molecule has 29 heavy (non-hydrogen) atoms. The minimum Gasteiger partial charge on any atom is -0.478 e. The van der Waals surface area contributed by atoms with Crippen LogP contribution in [0, 0.1) is 5.82 Å². The fourth-order valence-electron chi connectivity index (χ4n) is 2.61. The van der Waals surface area contributed by atoms with Crippen LogP contribution in [0.2, 0.25) is 5.02 Å². The summed E-state index contributed by atoms with van der Waals surface area (Å²) in [5.41, 5.74) is -7.04. The second kappa shape index (κ2) is 6.72. The molecule has 1 aromatic heterocycles. The molecule has 2 aromatic rings. The average molecular weight is 436 g/mol. The number of halogens is 5. The van der Waals surface area contributed by atoms with Crippen molar-refractivity contribution in [3.63, 3.8) is 0 Å². The Bertz CT molecular complexity index is 1140. The molecular weight excluding hydrogens is 426 g/mol. The predicted molar refractivity (Wildman–Crippen MR) is 90.9 cm³/mol. The minimum absolute atomic E-state index is 0.0162. The van der Waals surface area contributed by atoms with Crippen molar-refractivity contribution in [1.29, 1.82) is 0 Å². The van der Waals surface area contributed by atoms with E-state index in [2.05, 4.69) is 5.16 Å². The summed E-state index contributed by atoms with van der Waals surface area (Å²) in [6.07, 6.45) is -5.26. The van der Waals surface area contributed by atoms with Crippen LogP contribution < -0.4 is 11.2 Å². The zero-order chi connectivity index (χ0) is 21.7. The number of carboxylic acids is 1. The third-order valence-electron chi connectivity index (χ3n) is 4.14. The van der Waals surface area contributed by atoms with Gasteiger partial charge in [-0.3, -0.25) is 4.79 Å². The number of aliphatic carboxylic acids is 1. The molecule has 3 rings (SSSR count). The first kappa shape index (κ1) is 20.6. The Balaban J connectivity index is 2.15. The van der Waals surface area contributed by atoms with Gasteiger partial charge in [-0.15, -0.1) is 0 Å². The van der Waals surface area contributed by atoms with Gasteiger partial charge in [-0.05, 0) is 19.1 Å². The maximum absolute atomic E-state index is 14.4. The highest BCUT2D eigenvalue weighted by Crippen LogP contribution is 2.31. The van der Waals surface area contributed by atoms with E-state index >= 15 is 0 Å². The van der Waals surface area contributed by atoms with Crippen LogP contribution in [-0.4, -0.2) is 31.9 Å². The predicted octanol–water partition coefficient (Wildman–Crippen LogP) is 2.30. The molecule has 1 atom stereocenters. The number of carbonyl (C=O) groups is 1. The molecule has 0 saturated heterocycles. The lowest BCUT2D eigenvalue weighted by Crippen LogP contribution is -2.36. The van der Waals surface area contributed by atoms with Gasteiger partial charge in [0.2, 0.25) is 5.60 Å². The van der Waals surface area contributed by atoms with Crippen LogP contribution >= 0.6 is 11.6 Å². The van der Waals surface area contributed by atoms with Gasteiger partial charge in [-0.25, -0.2) is 18.5 Å². The summed E-state index contributed by atoms with van der Waals surface area (Å²) in [4.78, 5) is 41.7. The third kappa shape index (κ3) is 3.62. The molecule has 1 aromatic carbocycles. The van der Waals surface area contributed by atoms with E-state index in [1.54, 1.807) is 0 Å². The Morgan fingerprint density at radius 3 is 2.52 bits per heavy atom. The molecule has 0 bridgehead atoms. The second-order valence-electron chi connectivity index (χ2n) is 6.29. The largest absolute Gasteiger partial charge is 0.478 e. The van der Waals surface area contributed by atoms with Crippen LogP contribution in [0.4, 0.5) is 17.6 Å². The first-order valence-corrected chi connectivity index (χ1v) is 8.13. The zero-order valence-corrected chi connectivity index (χ0v) is 15.1. The summed E-state index contributed by atoms with van der Waals surface area (Å²) in [5, 5.41) is 12.5. The van der Waals surface area contributed by atoms with Gasteiger partial charge >= 0.3 is 17.8 Å². The Hall–Kier alpha value is -3.15. The molecule has 1 aliphatic heterocycles. The highest BCUT2D eigenvalue weighted by molar-refractivity contribution is 6.34. The van der Waals surface area contributed by atoms with E-state index in [4.69, 9.17) is 16.4 Å². The van der Waals surface area contributed by atoms with Gasteiger partial charge in [0, 0.05) is 18.1 Å². The van der Waals surface area contributed by atoms with Gasteiger partial charge in [0.15, 0.2) is 0 Å². The molecular formula is C16H10ClF4N3O5. The molecule has 0 aliphatic carbocycles. The summed E-state index contributed by atoms with van der Waals surface area (Å²) < 4.78 is 52.7. The van der Waals surface area contributed by atoms with E-state index < -0.39 is 46.2 Å². The maximum Gasteiger partial charge on any atom is 0.431 e. The smallest absolute Gasteiger partial charge is 0.431 e. The monoisotopic (exact) mass is 435 g/mol. The minimum atomic E-state index is -4.99. The number of aromatic nitrogens is 2. The van der Waals surface area contributed by atoms with E-state index in [-0.39, 0.29) is 33.4 Å². The lowest BCUT2D eigenvalue weighted by Gasteiger charge is -2.15. The molecule has 0 fully saturated rings. The molecule has 8 nitrogen and oxygen atoms in total. The summed E-state index contributed by atoms with van der Waals surface area (Å²) in [6.45, 7) is 1.23. The van der Waals surface area contributed by atoms with Crippen molar-refractivity contribution in [3.8, 4) is 5.69 Å². The van der Waals surface area contributed by atoms with Crippen LogP contribution in [0.5, 0.6) is 0 Å². The average Bonchev–Trinajstić information content (AvgIpc) is 2.98. The number of alkyl halides is 3. The summed E-state index contributed by atoms with van der Waals surface area (Å²) in [5.74, 6) is -2.50. The van der Waals surface area contributed by atoms with E-state index in [0.717, 1.165) is 6.07 Å². The first-order chi connectivity index (χ1) is 13.3. The maximum atomic E-state index is 14.4. The second-order valence-corrected chi connectivity index (χ2v) is 6.69. The van der Waals surface area contributed by atoms with E-state index in [1.807, 2.05) is 0 Å². The number of hydrogen-bond acceptors (Lipinski definition) is 5. The highest BCUT2D eigenvalue weighted by atomic mass is 35.5. The number of H-pyrrole nitrogens is 1. The number of rotatable bonds is 3. The van der Waals surface area contributed by atoms with Gasteiger partial charge in [0.05, 0.1) is 16.4 Å². The SMILES string of the molecule is CC1(C(=O)O)CC(c2cc(-n3c(=O)cc(C(F)(F)F)[nH]c3=O)c(F)cc2Cl)=NO1. The Labute approximate surface area is 163 Å². The van der Waals surface area contributed by atoms with E-state index in [9.17, 15) is 37.1 Å². The number of aromatic amines is 1. The molecule has 1 aliphatic rings. The molecule has 0 radical (unpaired) electrons. The molecule has 0 amide bonds. The summed E-state index contributed by atoms with van der Waals surface area (Å²) >= 11 is 5.96. The van der Waals surface area contributed by atoms with Crippen LogP contribution in [0.3, 0.4) is 0 Å². The lowest BCUT2D eigenvalue weighted by atomic mass is 9.96. The van der Waals surface area contributed by atoms with Crippen molar-refractivity contribution >= 4 is 23.3 Å². The topological polar surface area (TPSA) is 114 Å². The van der Waals surface area contributed by atoms with Crippen molar-refractivity contribution < 1.29 is 32.3 Å². The van der Waals surface area contributed by atoms with Gasteiger partial charge in [-0.1, -0.05) is 16.8 Å². The lowest BCUT2D eigenvalue weighted by molar-refractivity contribution is -0.160. The number of oxime groups is 1. The molecule has 0 spiro atoms. The van der Waals surface area contributed by atoms with Gasteiger partial charge in [0.25, 0.3) is 5.56 Å². The highest BCUT2D eigenvalue weighted by Gasteiger charge is 2.43. The number of benzene rings is 1. The van der Waals surface area contributed by atoms with Crippen LogP contribution in [-0.2, 0) is 15.8 Å². The fraction of sp³-hybridized carbons (Fsp3) is 0.250. The molecule has 13 heteroatoms. The number of nitrogens with zero attached hydrogens (tertiary/aromatic N) is 2. The Morgan fingerprint density at radius 2 is 2.00 bits per heavy atom. The van der Waals surface area contributed by atoms with E-state index in [0.29, 0.717) is 6.07 Å². The standard InChI is InChI=1S/C16H10ClF4N3O5/c1-15(13(26)27)5-9(23-29-15)6-2-10(8(18)3-7(6)17)24-12(25)4-11(16(19,20)21)22-14(24)28/h2-4H,5H2,1H3,(H,22,28)(H,26,27). The normalized spacial score (nSPS) is 19.0. The molecule has 2 N–H and O–H groups in total. The van der Waals surface area contributed by atoms with Crippen LogP contribution in [0.15, 0.2) is 32.9 Å². The fourth-order valence-corrected chi connectivity index (χ4v) is 2.86. The van der Waals surface area contributed by atoms with Gasteiger partial charge in [-0.2, -0.15) is 13.2 Å². The Morgan fingerprint density at radius 1 is 1.34 bits per heavy atom. The summed E-state index contributed by atoms with van der Waals surface area (Å²) in [6, 6.07) is 1.72. The molecule has 154 valence electrons. The number of nitrogens with one attached hydrogen (secondary N) is 1. The van der Waals surface area contributed by atoms with Gasteiger partial charge in [0.1, 0.15) is 11.5 Å². The van der Waals surface area contributed by atoms with Crippen LogP contribution in [0.25, 0.3) is 5.69 Å².